The number of rotatable bonds is 0. The maximum absolute atomic E-state index is 3.25. The van der Waals surface area contributed by atoms with Gasteiger partial charge in [0.1, 0.15) is 0 Å². The van der Waals surface area contributed by atoms with Crippen LogP contribution in [0.3, 0.4) is 0 Å². The van der Waals surface area contributed by atoms with Crippen LogP contribution in [0, 0.1) is 13.8 Å². The zero-order chi connectivity index (χ0) is 4.00. The van der Waals surface area contributed by atoms with E-state index in [4.69, 9.17) is 0 Å². The summed E-state index contributed by atoms with van der Waals surface area (Å²) < 4.78 is 0. The van der Waals surface area contributed by atoms with Crippen molar-refractivity contribution in [3.63, 3.8) is 0 Å². The van der Waals surface area contributed by atoms with E-state index in [1.807, 2.05) is 0 Å². The van der Waals surface area contributed by atoms with Gasteiger partial charge in [0.2, 0.25) is 0 Å². The van der Waals surface area contributed by atoms with E-state index >= 15 is 0 Å². The van der Waals surface area contributed by atoms with Gasteiger partial charge in [0.15, 0.2) is 0 Å². The average molecular weight is 196 g/mol. The van der Waals surface area contributed by atoms with Gasteiger partial charge in [0, 0.05) is 0 Å². The molecular formula is C4H12Cl2Zn. The molecule has 0 aliphatic rings. The molecule has 0 N–H and O–H groups in total. The fourth-order valence-corrected chi connectivity index (χ4v) is 0. The first-order chi connectivity index (χ1) is 2.00. The van der Waals surface area contributed by atoms with E-state index in [2.05, 4.69) is 13.8 Å². The van der Waals surface area contributed by atoms with Crippen molar-refractivity contribution < 1.29 is 19.5 Å². The van der Waals surface area contributed by atoms with E-state index in [0.717, 1.165) is 0 Å². The topological polar surface area (TPSA) is 0 Å². The van der Waals surface area contributed by atoms with E-state index in [-0.39, 0.29) is 44.3 Å². The molecule has 0 aliphatic heterocycles. The van der Waals surface area contributed by atoms with Gasteiger partial charge < -0.3 is 13.8 Å². The number of hydrogen-bond acceptors (Lipinski definition) is 0. The van der Waals surface area contributed by atoms with E-state index in [1.165, 1.54) is 0 Å². The summed E-state index contributed by atoms with van der Waals surface area (Å²) in [7, 11) is 0. The Hall–Kier alpha value is 1.20. The summed E-state index contributed by atoms with van der Waals surface area (Å²) >= 11 is 0. The van der Waals surface area contributed by atoms with Crippen molar-refractivity contribution in [3.05, 3.63) is 13.8 Å². The molecule has 0 nitrogen and oxygen atoms in total. The fraction of sp³-hybridized carbons (Fsp3) is 0.500. The van der Waals surface area contributed by atoms with Crippen molar-refractivity contribution in [2.75, 3.05) is 0 Å². The summed E-state index contributed by atoms with van der Waals surface area (Å²) in [6.45, 7) is 10.0. The minimum atomic E-state index is 0. The Morgan fingerprint density at radius 3 is 0.714 bits per heavy atom. The minimum Gasteiger partial charge on any atom is -0.346 e. The van der Waals surface area contributed by atoms with Crippen molar-refractivity contribution in [1.82, 2.24) is 0 Å². The first-order valence-corrected chi connectivity index (χ1v) is 1.41. The van der Waals surface area contributed by atoms with Gasteiger partial charge in [-0.1, -0.05) is 0 Å². The summed E-state index contributed by atoms with van der Waals surface area (Å²) in [5.74, 6) is 0. The molecular weight excluding hydrogens is 184 g/mol. The third-order valence-electron chi connectivity index (χ3n) is 0. The van der Waals surface area contributed by atoms with Gasteiger partial charge in [-0.2, -0.15) is 13.8 Å². The standard InChI is InChI=1S/2C2H5.2ClH.Zn/c2*1-2;;;/h2*1H2,2H3;2*1H;/q2*-1;;;+2. The first-order valence-electron chi connectivity index (χ1n) is 1.41. The van der Waals surface area contributed by atoms with Crippen molar-refractivity contribution in [2.45, 2.75) is 13.8 Å². The molecule has 44 valence electrons. The number of halogens is 2. The predicted molar refractivity (Wildman–Crippen MR) is 36.6 cm³/mol. The van der Waals surface area contributed by atoms with Crippen LogP contribution in [0.25, 0.3) is 0 Å². The molecule has 0 bridgehead atoms. The van der Waals surface area contributed by atoms with Crippen molar-refractivity contribution in [3.8, 4) is 0 Å². The van der Waals surface area contributed by atoms with Gasteiger partial charge >= 0.3 is 19.5 Å². The quantitative estimate of drug-likeness (QED) is 0.412. The molecule has 0 spiro atoms. The molecule has 7 heavy (non-hydrogen) atoms. The second-order valence-electron chi connectivity index (χ2n) is 0. The van der Waals surface area contributed by atoms with Gasteiger partial charge in [-0.05, 0) is 0 Å². The van der Waals surface area contributed by atoms with Crippen LogP contribution in [-0.2, 0) is 19.5 Å². The van der Waals surface area contributed by atoms with E-state index in [9.17, 15) is 0 Å². The van der Waals surface area contributed by atoms with Gasteiger partial charge in [-0.3, -0.25) is 0 Å². The molecule has 0 radical (unpaired) electrons. The van der Waals surface area contributed by atoms with Crippen LogP contribution in [0.4, 0.5) is 0 Å². The molecule has 0 aromatic carbocycles. The van der Waals surface area contributed by atoms with Crippen LogP contribution in [0.5, 0.6) is 0 Å². The molecule has 0 atom stereocenters. The van der Waals surface area contributed by atoms with Crippen molar-refractivity contribution in [1.29, 1.82) is 0 Å². The second kappa shape index (κ2) is 191. The molecule has 0 heterocycles. The molecule has 0 aliphatic carbocycles. The largest absolute Gasteiger partial charge is 2.00 e. The summed E-state index contributed by atoms with van der Waals surface area (Å²) in [6, 6.07) is 0. The zero-order valence-electron chi connectivity index (χ0n) is 4.94. The van der Waals surface area contributed by atoms with Crippen LogP contribution in [-0.4, -0.2) is 0 Å². The van der Waals surface area contributed by atoms with E-state index < -0.39 is 0 Å². The Labute approximate surface area is 72.0 Å². The zero-order valence-corrected chi connectivity index (χ0v) is 9.54. The molecule has 0 aromatic rings. The SMILES string of the molecule is Cl.Cl.[CH2-]C.[CH2-]C.[Zn+2]. The van der Waals surface area contributed by atoms with Crippen LogP contribution in [0.1, 0.15) is 13.8 Å². The Balaban J connectivity index is -0.00000000267. The van der Waals surface area contributed by atoms with E-state index in [1.54, 1.807) is 13.8 Å². The maximum atomic E-state index is 3.25. The molecule has 0 rings (SSSR count). The Morgan fingerprint density at radius 2 is 0.714 bits per heavy atom. The Kier molecular flexibility index (Phi) is 1130. The predicted octanol–water partition coefficient (Wildman–Crippen LogP) is 2.52. The first kappa shape index (κ1) is 41.5. The molecule has 0 fully saturated rings. The average Bonchev–Trinajstić information content (AvgIpc) is 1.50. The summed E-state index contributed by atoms with van der Waals surface area (Å²) in [6.07, 6.45) is 0. The normalized spacial score (nSPS) is 1.71. The van der Waals surface area contributed by atoms with Crippen molar-refractivity contribution >= 4 is 24.8 Å². The maximum Gasteiger partial charge on any atom is 2.00 e. The molecule has 0 amide bonds. The Morgan fingerprint density at radius 1 is 0.714 bits per heavy atom. The van der Waals surface area contributed by atoms with Gasteiger partial charge in [0.05, 0.1) is 0 Å². The van der Waals surface area contributed by atoms with Crippen LogP contribution in [0.15, 0.2) is 0 Å². The summed E-state index contributed by atoms with van der Waals surface area (Å²) in [5.41, 5.74) is 0. The summed E-state index contributed by atoms with van der Waals surface area (Å²) in [4.78, 5) is 0. The molecule has 0 unspecified atom stereocenters. The smallest absolute Gasteiger partial charge is 0.346 e. The third kappa shape index (κ3) is 135. The van der Waals surface area contributed by atoms with Gasteiger partial charge in [0.25, 0.3) is 0 Å². The van der Waals surface area contributed by atoms with Crippen LogP contribution in [0.2, 0.25) is 0 Å². The molecule has 0 aromatic heterocycles. The Bertz CT molecular complexity index is 9.65. The summed E-state index contributed by atoms with van der Waals surface area (Å²) in [5, 5.41) is 0. The van der Waals surface area contributed by atoms with Crippen molar-refractivity contribution in [2.24, 2.45) is 0 Å². The van der Waals surface area contributed by atoms with E-state index in [0.29, 0.717) is 0 Å². The van der Waals surface area contributed by atoms with Crippen LogP contribution >= 0.6 is 24.8 Å². The fourth-order valence-electron chi connectivity index (χ4n) is 0. The number of hydrogen-bond donors (Lipinski definition) is 0. The second-order valence-corrected chi connectivity index (χ2v) is 0. The third-order valence-corrected chi connectivity index (χ3v) is 0. The van der Waals surface area contributed by atoms with Gasteiger partial charge in [-0.15, -0.1) is 24.8 Å². The monoisotopic (exact) mass is 194 g/mol. The van der Waals surface area contributed by atoms with Crippen LogP contribution < -0.4 is 0 Å². The molecule has 3 heteroatoms. The minimum absolute atomic E-state index is 0. The molecule has 0 saturated heterocycles. The van der Waals surface area contributed by atoms with Gasteiger partial charge in [-0.25, -0.2) is 0 Å². The molecule has 0 saturated carbocycles.